The number of aryl methyl sites for hydroxylation is 1. The highest BCUT2D eigenvalue weighted by molar-refractivity contribution is 5.86. The Morgan fingerprint density at radius 2 is 2.11 bits per heavy atom. The van der Waals surface area contributed by atoms with Crippen molar-refractivity contribution >= 4 is 10.9 Å². The van der Waals surface area contributed by atoms with Crippen LogP contribution in [-0.4, -0.2) is 26.6 Å². The molecule has 19 heavy (non-hydrogen) atoms. The molecule has 0 unspecified atom stereocenters. The van der Waals surface area contributed by atoms with Gasteiger partial charge in [-0.1, -0.05) is 6.92 Å². The average Bonchev–Trinajstić information content (AvgIpc) is 2.94. The van der Waals surface area contributed by atoms with Crippen molar-refractivity contribution in [3.05, 3.63) is 42.7 Å². The van der Waals surface area contributed by atoms with E-state index in [2.05, 4.69) is 21.9 Å². The van der Waals surface area contributed by atoms with Gasteiger partial charge in [-0.2, -0.15) is 0 Å². The SMILES string of the molecule is CCc1nccn1-c1ncnc2cc(OC)ccc12. The maximum atomic E-state index is 5.22. The summed E-state index contributed by atoms with van der Waals surface area (Å²) in [5.41, 5.74) is 0.861. The normalized spacial score (nSPS) is 10.8. The lowest BCUT2D eigenvalue weighted by molar-refractivity contribution is 0.415. The molecule has 0 fully saturated rings. The largest absolute Gasteiger partial charge is 0.497 e. The number of fused-ring (bicyclic) bond motifs is 1. The van der Waals surface area contributed by atoms with E-state index in [9.17, 15) is 0 Å². The van der Waals surface area contributed by atoms with Crippen LogP contribution >= 0.6 is 0 Å². The van der Waals surface area contributed by atoms with Crippen LogP contribution in [0.15, 0.2) is 36.9 Å². The van der Waals surface area contributed by atoms with Crippen molar-refractivity contribution in [2.45, 2.75) is 13.3 Å². The van der Waals surface area contributed by atoms with Crippen LogP contribution in [0.4, 0.5) is 0 Å². The lowest BCUT2D eigenvalue weighted by Gasteiger charge is -2.09. The molecule has 0 bridgehead atoms. The van der Waals surface area contributed by atoms with Crippen molar-refractivity contribution in [1.82, 2.24) is 19.5 Å². The van der Waals surface area contributed by atoms with E-state index in [0.29, 0.717) is 0 Å². The Balaban J connectivity index is 2.24. The summed E-state index contributed by atoms with van der Waals surface area (Å²) < 4.78 is 7.21. The molecule has 0 aliphatic heterocycles. The van der Waals surface area contributed by atoms with Crippen LogP contribution < -0.4 is 4.74 Å². The van der Waals surface area contributed by atoms with Gasteiger partial charge >= 0.3 is 0 Å². The van der Waals surface area contributed by atoms with Crippen molar-refractivity contribution < 1.29 is 4.74 Å². The standard InChI is InChI=1S/C14H14N4O/c1-3-13-15-6-7-18(13)14-11-5-4-10(19-2)8-12(11)16-9-17-14/h4-9H,3H2,1-2H3. The molecule has 0 N–H and O–H groups in total. The molecule has 0 amide bonds. The van der Waals surface area contributed by atoms with Gasteiger partial charge in [-0.05, 0) is 12.1 Å². The van der Waals surface area contributed by atoms with Crippen LogP contribution in [0.2, 0.25) is 0 Å². The number of nitrogens with zero attached hydrogens (tertiary/aromatic N) is 4. The van der Waals surface area contributed by atoms with Gasteiger partial charge in [-0.25, -0.2) is 15.0 Å². The summed E-state index contributed by atoms with van der Waals surface area (Å²) in [5, 5.41) is 0.982. The van der Waals surface area contributed by atoms with Crippen LogP contribution in [0.5, 0.6) is 5.75 Å². The van der Waals surface area contributed by atoms with Gasteiger partial charge in [0.25, 0.3) is 0 Å². The number of ether oxygens (including phenoxy) is 1. The molecule has 3 aromatic rings. The first-order valence-corrected chi connectivity index (χ1v) is 6.15. The van der Waals surface area contributed by atoms with Crippen molar-refractivity contribution in [1.29, 1.82) is 0 Å². The highest BCUT2D eigenvalue weighted by Crippen LogP contribution is 2.23. The first-order valence-electron chi connectivity index (χ1n) is 6.15. The molecule has 5 nitrogen and oxygen atoms in total. The second-order valence-corrected chi connectivity index (χ2v) is 4.15. The summed E-state index contributed by atoms with van der Waals surface area (Å²) in [6.45, 7) is 2.07. The van der Waals surface area contributed by atoms with E-state index in [0.717, 1.165) is 34.7 Å². The Bertz CT molecular complexity index is 720. The van der Waals surface area contributed by atoms with Crippen LogP contribution in [0.1, 0.15) is 12.7 Å². The molecule has 0 radical (unpaired) electrons. The zero-order chi connectivity index (χ0) is 13.2. The van der Waals surface area contributed by atoms with Gasteiger partial charge < -0.3 is 4.74 Å². The van der Waals surface area contributed by atoms with Gasteiger partial charge in [-0.15, -0.1) is 0 Å². The lowest BCUT2D eigenvalue weighted by Crippen LogP contribution is -2.03. The van der Waals surface area contributed by atoms with Gasteiger partial charge in [0.1, 0.15) is 23.7 Å². The van der Waals surface area contributed by atoms with Crippen molar-refractivity contribution in [3.63, 3.8) is 0 Å². The second kappa shape index (κ2) is 4.68. The smallest absolute Gasteiger partial charge is 0.149 e. The first kappa shape index (κ1) is 11.6. The van der Waals surface area contributed by atoms with Crippen LogP contribution in [-0.2, 0) is 6.42 Å². The number of methoxy groups -OCH3 is 1. The number of hydrogen-bond acceptors (Lipinski definition) is 4. The monoisotopic (exact) mass is 254 g/mol. The van der Waals surface area contributed by atoms with Gasteiger partial charge in [0.05, 0.1) is 12.6 Å². The van der Waals surface area contributed by atoms with E-state index < -0.39 is 0 Å². The topological polar surface area (TPSA) is 52.8 Å². The van der Waals surface area contributed by atoms with Crippen molar-refractivity contribution in [2.24, 2.45) is 0 Å². The fraction of sp³-hybridized carbons (Fsp3) is 0.214. The highest BCUT2D eigenvalue weighted by Gasteiger charge is 2.09. The summed E-state index contributed by atoms with van der Waals surface area (Å²) in [6, 6.07) is 5.80. The first-order chi connectivity index (χ1) is 9.33. The Morgan fingerprint density at radius 1 is 1.21 bits per heavy atom. The van der Waals surface area contributed by atoms with E-state index in [4.69, 9.17) is 4.74 Å². The second-order valence-electron chi connectivity index (χ2n) is 4.15. The maximum Gasteiger partial charge on any atom is 0.149 e. The number of rotatable bonds is 3. The molecule has 0 aliphatic rings. The van der Waals surface area contributed by atoms with Crippen LogP contribution in [0.25, 0.3) is 16.7 Å². The Hall–Kier alpha value is -2.43. The van der Waals surface area contributed by atoms with Crippen molar-refractivity contribution in [3.8, 4) is 11.6 Å². The molecule has 96 valence electrons. The average molecular weight is 254 g/mol. The fourth-order valence-electron chi connectivity index (χ4n) is 2.13. The fourth-order valence-corrected chi connectivity index (χ4v) is 2.13. The van der Waals surface area contributed by atoms with E-state index in [-0.39, 0.29) is 0 Å². The van der Waals surface area contributed by atoms with Gasteiger partial charge in [0.2, 0.25) is 0 Å². The molecule has 0 atom stereocenters. The van der Waals surface area contributed by atoms with E-state index in [1.54, 1.807) is 19.6 Å². The summed E-state index contributed by atoms with van der Waals surface area (Å²) >= 11 is 0. The quantitative estimate of drug-likeness (QED) is 0.720. The van der Waals surface area contributed by atoms with Gasteiger partial charge in [-0.3, -0.25) is 4.57 Å². The Kier molecular flexibility index (Phi) is 2.87. The predicted molar refractivity (Wildman–Crippen MR) is 72.6 cm³/mol. The van der Waals surface area contributed by atoms with Gasteiger partial charge in [0.15, 0.2) is 0 Å². The van der Waals surface area contributed by atoms with Crippen LogP contribution in [0, 0.1) is 0 Å². The third-order valence-corrected chi connectivity index (χ3v) is 3.08. The minimum atomic E-state index is 0.790. The molecule has 2 heterocycles. The summed E-state index contributed by atoms with van der Waals surface area (Å²) in [7, 11) is 1.65. The van der Waals surface area contributed by atoms with E-state index in [1.165, 1.54) is 0 Å². The van der Waals surface area contributed by atoms with E-state index in [1.807, 2.05) is 29.0 Å². The summed E-state index contributed by atoms with van der Waals surface area (Å²) in [5.74, 6) is 2.62. The number of imidazole rings is 1. The van der Waals surface area contributed by atoms with Crippen LogP contribution in [0.3, 0.4) is 0 Å². The number of benzene rings is 1. The predicted octanol–water partition coefficient (Wildman–Crippen LogP) is 2.39. The molecule has 0 saturated carbocycles. The summed E-state index contributed by atoms with van der Waals surface area (Å²) in [4.78, 5) is 13.0. The lowest BCUT2D eigenvalue weighted by atomic mass is 10.2. The molecule has 0 aliphatic carbocycles. The maximum absolute atomic E-state index is 5.22. The number of aromatic nitrogens is 4. The van der Waals surface area contributed by atoms with E-state index >= 15 is 0 Å². The zero-order valence-corrected chi connectivity index (χ0v) is 10.9. The third kappa shape index (κ3) is 1.93. The molecular weight excluding hydrogens is 240 g/mol. The zero-order valence-electron chi connectivity index (χ0n) is 10.9. The molecule has 2 aromatic heterocycles. The van der Waals surface area contributed by atoms with Crippen molar-refractivity contribution in [2.75, 3.05) is 7.11 Å². The molecule has 3 rings (SSSR count). The third-order valence-electron chi connectivity index (χ3n) is 3.08. The highest BCUT2D eigenvalue weighted by atomic mass is 16.5. The molecule has 0 saturated heterocycles. The van der Waals surface area contributed by atoms with Gasteiger partial charge in [0, 0.05) is 30.3 Å². The molecule has 1 aromatic carbocycles. The molecule has 5 heteroatoms. The Morgan fingerprint density at radius 3 is 2.89 bits per heavy atom. The molecular formula is C14H14N4O. The minimum Gasteiger partial charge on any atom is -0.497 e. The summed E-state index contributed by atoms with van der Waals surface area (Å²) in [6.07, 6.45) is 6.13. The Labute approximate surface area is 110 Å². The molecule has 0 spiro atoms. The minimum absolute atomic E-state index is 0.790. The number of hydrogen-bond donors (Lipinski definition) is 0.